The van der Waals surface area contributed by atoms with Gasteiger partial charge in [0.05, 0.1) is 23.6 Å². The van der Waals surface area contributed by atoms with E-state index in [1.54, 1.807) is 18.7 Å². The summed E-state index contributed by atoms with van der Waals surface area (Å²) < 4.78 is 8.12. The molecular weight excluding hydrogens is 388 g/mol. The fraction of sp³-hybridized carbons (Fsp3) is 0.429. The van der Waals surface area contributed by atoms with Crippen molar-refractivity contribution in [2.24, 2.45) is 7.05 Å². The second-order valence-corrected chi connectivity index (χ2v) is 8.47. The van der Waals surface area contributed by atoms with Gasteiger partial charge in [0.25, 0.3) is 5.56 Å². The molecule has 1 aromatic carbocycles. The van der Waals surface area contributed by atoms with Crippen LogP contribution in [0.4, 0.5) is 0 Å². The van der Waals surface area contributed by atoms with Gasteiger partial charge in [-0.25, -0.2) is 14.1 Å². The van der Waals surface area contributed by atoms with Crippen molar-refractivity contribution >= 4 is 23.5 Å². The van der Waals surface area contributed by atoms with Crippen molar-refractivity contribution in [2.75, 3.05) is 12.4 Å². The van der Waals surface area contributed by atoms with Gasteiger partial charge in [-0.05, 0) is 25.3 Å². The lowest BCUT2D eigenvalue weighted by molar-refractivity contribution is -0.139. The zero-order chi connectivity index (χ0) is 20.8. The third-order valence-electron chi connectivity index (χ3n) is 5.64. The monoisotopic (exact) mass is 412 g/mol. The Morgan fingerprint density at radius 1 is 1.31 bits per heavy atom. The molecule has 8 heteroatoms. The number of hydrogen-bond acceptors (Lipinski definition) is 6. The number of nitrogens with zero attached hydrogens (tertiary/aromatic N) is 4. The molecule has 0 spiro atoms. The summed E-state index contributed by atoms with van der Waals surface area (Å²) in [6.07, 6.45) is 1.62. The molecule has 0 amide bonds. The molecule has 3 aromatic rings. The number of aromatic nitrogens is 4. The van der Waals surface area contributed by atoms with E-state index in [1.807, 2.05) is 18.2 Å². The summed E-state index contributed by atoms with van der Waals surface area (Å²) in [5.74, 6) is 0.232. The highest BCUT2D eigenvalue weighted by molar-refractivity contribution is 7.99. The van der Waals surface area contributed by atoms with Crippen LogP contribution in [0.2, 0.25) is 0 Å². The van der Waals surface area contributed by atoms with Crippen molar-refractivity contribution in [1.29, 1.82) is 0 Å². The van der Waals surface area contributed by atoms with Gasteiger partial charge in [-0.3, -0.25) is 9.59 Å². The molecule has 2 aromatic heterocycles. The molecule has 29 heavy (non-hydrogen) atoms. The third kappa shape index (κ3) is 3.15. The molecular formula is C21H24N4O3S. The largest absolute Gasteiger partial charge is 0.465 e. The molecule has 0 saturated carbocycles. The summed E-state index contributed by atoms with van der Waals surface area (Å²) in [6.45, 7) is 6.32. The number of fused-ring (bicyclic) bond motifs is 4. The van der Waals surface area contributed by atoms with E-state index < -0.39 is 0 Å². The minimum Gasteiger partial charge on any atom is -0.465 e. The Morgan fingerprint density at radius 3 is 2.79 bits per heavy atom. The average Bonchev–Trinajstić information content (AvgIpc) is 3.02. The van der Waals surface area contributed by atoms with Gasteiger partial charge in [-0.2, -0.15) is 0 Å². The molecule has 0 fully saturated rings. The van der Waals surface area contributed by atoms with Crippen molar-refractivity contribution in [3.63, 3.8) is 0 Å². The normalized spacial score (nSPS) is 17.8. The van der Waals surface area contributed by atoms with Crippen LogP contribution >= 0.6 is 11.8 Å². The van der Waals surface area contributed by atoms with E-state index in [4.69, 9.17) is 9.72 Å². The Labute approximate surface area is 173 Å². The number of benzene rings is 1. The Kier molecular flexibility index (Phi) is 4.98. The maximum absolute atomic E-state index is 13.7. The molecule has 0 N–H and O–H groups in total. The fourth-order valence-corrected chi connectivity index (χ4v) is 4.80. The number of carbonyl (C=O) groups excluding carboxylic acids is 1. The SMILES string of the molecule is CCOC(=O)CSc1nn(C)c2nc3c(c(=O)n12)[C@@](C)(CC)Cc1ccccc1-3. The molecule has 0 saturated heterocycles. The Balaban J connectivity index is 1.93. The first kappa shape index (κ1) is 19.7. The Hall–Kier alpha value is -2.61. The highest BCUT2D eigenvalue weighted by Gasteiger charge is 2.38. The van der Waals surface area contributed by atoms with Gasteiger partial charge in [0, 0.05) is 18.0 Å². The van der Waals surface area contributed by atoms with Gasteiger partial charge < -0.3 is 4.74 Å². The van der Waals surface area contributed by atoms with Crippen LogP contribution in [0.1, 0.15) is 38.3 Å². The van der Waals surface area contributed by atoms with Gasteiger partial charge in [-0.1, -0.05) is 49.9 Å². The van der Waals surface area contributed by atoms with Crippen LogP contribution in [0.5, 0.6) is 0 Å². The molecule has 152 valence electrons. The van der Waals surface area contributed by atoms with Crippen molar-refractivity contribution in [3.8, 4) is 11.3 Å². The summed E-state index contributed by atoms with van der Waals surface area (Å²) in [5, 5.41) is 4.91. The molecule has 0 unspecified atom stereocenters. The number of carbonyl (C=O) groups is 1. The number of hydrogen-bond donors (Lipinski definition) is 0. The molecule has 2 heterocycles. The Bertz CT molecular complexity index is 1170. The van der Waals surface area contributed by atoms with E-state index in [2.05, 4.69) is 25.0 Å². The maximum atomic E-state index is 13.7. The van der Waals surface area contributed by atoms with Crippen molar-refractivity contribution in [2.45, 2.75) is 44.2 Å². The summed E-state index contributed by atoms with van der Waals surface area (Å²) in [6, 6.07) is 8.14. The lowest BCUT2D eigenvalue weighted by Crippen LogP contribution is -2.37. The molecule has 1 atom stereocenters. The van der Waals surface area contributed by atoms with Crippen LogP contribution in [0.3, 0.4) is 0 Å². The van der Waals surface area contributed by atoms with Gasteiger partial charge in [-0.15, -0.1) is 5.10 Å². The van der Waals surface area contributed by atoms with Crippen LogP contribution in [-0.4, -0.2) is 37.5 Å². The zero-order valence-corrected chi connectivity index (χ0v) is 17.9. The van der Waals surface area contributed by atoms with Crippen LogP contribution in [0, 0.1) is 0 Å². The van der Waals surface area contributed by atoms with Crippen LogP contribution in [0.15, 0.2) is 34.2 Å². The minimum absolute atomic E-state index is 0.0946. The lowest BCUT2D eigenvalue weighted by Gasteiger charge is -2.34. The minimum atomic E-state index is -0.331. The van der Waals surface area contributed by atoms with E-state index in [1.165, 1.54) is 21.7 Å². The molecule has 1 aliphatic carbocycles. The number of thioether (sulfide) groups is 1. The molecule has 1 aliphatic rings. The lowest BCUT2D eigenvalue weighted by atomic mass is 9.69. The first-order valence-electron chi connectivity index (χ1n) is 9.76. The standard InChI is InChI=1S/C21H24N4O3S/c1-5-21(3)11-13-9-7-8-10-14(13)17-16(21)18(27)25-19(22-17)24(4)23-20(25)29-12-15(26)28-6-2/h7-10H,5-6,11-12H2,1-4H3/t21-/m0/s1. The second kappa shape index (κ2) is 7.33. The molecule has 0 aliphatic heterocycles. The van der Waals surface area contributed by atoms with Gasteiger partial charge >= 0.3 is 5.97 Å². The van der Waals surface area contributed by atoms with E-state index in [9.17, 15) is 9.59 Å². The van der Waals surface area contributed by atoms with E-state index in [0.717, 1.165) is 29.7 Å². The molecule has 0 radical (unpaired) electrons. The third-order valence-corrected chi connectivity index (χ3v) is 6.55. The first-order chi connectivity index (χ1) is 13.9. The number of rotatable bonds is 5. The second-order valence-electron chi connectivity index (χ2n) is 7.52. The van der Waals surface area contributed by atoms with Gasteiger partial charge in [0.2, 0.25) is 5.78 Å². The maximum Gasteiger partial charge on any atom is 0.316 e. The fourth-order valence-electron chi connectivity index (χ4n) is 3.99. The Morgan fingerprint density at radius 2 is 2.07 bits per heavy atom. The van der Waals surface area contributed by atoms with E-state index >= 15 is 0 Å². The summed E-state index contributed by atoms with van der Waals surface area (Å²) in [7, 11) is 1.76. The van der Waals surface area contributed by atoms with Crippen molar-refractivity contribution in [3.05, 3.63) is 45.7 Å². The highest BCUT2D eigenvalue weighted by atomic mass is 32.2. The summed E-state index contributed by atoms with van der Waals surface area (Å²) in [4.78, 5) is 30.4. The van der Waals surface area contributed by atoms with Crippen LogP contribution in [-0.2, 0) is 28.4 Å². The van der Waals surface area contributed by atoms with Crippen molar-refractivity contribution in [1.82, 2.24) is 19.2 Å². The highest BCUT2D eigenvalue weighted by Crippen LogP contribution is 2.42. The summed E-state index contributed by atoms with van der Waals surface area (Å²) >= 11 is 1.19. The number of aryl methyl sites for hydroxylation is 1. The average molecular weight is 413 g/mol. The predicted molar refractivity (Wildman–Crippen MR) is 112 cm³/mol. The van der Waals surface area contributed by atoms with Gasteiger partial charge in [0.15, 0.2) is 5.16 Å². The summed E-state index contributed by atoms with van der Waals surface area (Å²) in [5.41, 5.74) is 3.26. The topological polar surface area (TPSA) is 78.5 Å². The van der Waals surface area contributed by atoms with Crippen LogP contribution in [0.25, 0.3) is 17.0 Å². The van der Waals surface area contributed by atoms with Crippen LogP contribution < -0.4 is 5.56 Å². The molecule has 4 rings (SSSR count). The number of ether oxygens (including phenoxy) is 1. The van der Waals surface area contributed by atoms with Crippen molar-refractivity contribution < 1.29 is 9.53 Å². The number of esters is 1. The van der Waals surface area contributed by atoms with Gasteiger partial charge in [0.1, 0.15) is 0 Å². The smallest absolute Gasteiger partial charge is 0.316 e. The molecule has 7 nitrogen and oxygen atoms in total. The zero-order valence-electron chi connectivity index (χ0n) is 17.1. The quantitative estimate of drug-likeness (QED) is 0.474. The first-order valence-corrected chi connectivity index (χ1v) is 10.7. The molecule has 0 bridgehead atoms. The predicted octanol–water partition coefficient (Wildman–Crippen LogP) is 2.97. The van der Waals surface area contributed by atoms with E-state index in [-0.39, 0.29) is 22.7 Å². The van der Waals surface area contributed by atoms with E-state index in [0.29, 0.717) is 17.5 Å².